The van der Waals surface area contributed by atoms with Crippen LogP contribution < -0.4 is 15.4 Å². The number of nitrogens with zero attached hydrogens (tertiary/aromatic N) is 1. The Morgan fingerprint density at radius 3 is 2.59 bits per heavy atom. The summed E-state index contributed by atoms with van der Waals surface area (Å²) < 4.78 is 16.3. The average molecular weight is 419 g/mol. The number of aryl methyl sites for hydroxylation is 2. The van der Waals surface area contributed by atoms with Crippen LogP contribution in [-0.4, -0.2) is 46.6 Å². The van der Waals surface area contributed by atoms with Crippen LogP contribution in [0.2, 0.25) is 5.02 Å². The summed E-state index contributed by atoms with van der Waals surface area (Å²) in [5, 5.41) is 0.768. The fourth-order valence-electron chi connectivity index (χ4n) is 3.63. The van der Waals surface area contributed by atoms with E-state index in [1.54, 1.807) is 7.11 Å². The van der Waals surface area contributed by atoms with Crippen LogP contribution in [-0.2, 0) is 22.3 Å². The Bertz CT molecular complexity index is 785. The van der Waals surface area contributed by atoms with Gasteiger partial charge in [-0.25, -0.2) is 0 Å². The van der Waals surface area contributed by atoms with Crippen molar-refractivity contribution in [3.05, 3.63) is 52.5 Å². The molecule has 1 aliphatic rings. The van der Waals surface area contributed by atoms with Gasteiger partial charge in [0.15, 0.2) is 0 Å². The van der Waals surface area contributed by atoms with Gasteiger partial charge in [0, 0.05) is 30.1 Å². The molecule has 0 atom stereocenters. The fraction of sp³-hybridized carbons (Fsp3) is 0.478. The van der Waals surface area contributed by atoms with E-state index >= 15 is 0 Å². The van der Waals surface area contributed by atoms with E-state index in [-0.39, 0.29) is 0 Å². The Morgan fingerprint density at radius 1 is 0.931 bits per heavy atom. The van der Waals surface area contributed by atoms with Gasteiger partial charge < -0.3 is 24.8 Å². The van der Waals surface area contributed by atoms with Crippen molar-refractivity contribution in [2.24, 2.45) is 5.73 Å². The molecule has 0 radical (unpaired) electrons. The number of unbranched alkanes of at least 4 members (excludes halogenated alkanes) is 1. The SMILES string of the molecule is COCCOCCOc1ccc2c(c1)CCc1ccc(Cl)cc1N2CCCCN. The second-order valence-corrected chi connectivity index (χ2v) is 7.60. The number of anilines is 2. The molecule has 1 aliphatic heterocycles. The monoisotopic (exact) mass is 418 g/mol. The summed E-state index contributed by atoms with van der Waals surface area (Å²) in [6, 6.07) is 12.6. The fourth-order valence-corrected chi connectivity index (χ4v) is 3.80. The lowest BCUT2D eigenvalue weighted by atomic mass is 10.0. The van der Waals surface area contributed by atoms with Gasteiger partial charge in [-0.15, -0.1) is 0 Å². The summed E-state index contributed by atoms with van der Waals surface area (Å²) in [6.07, 6.45) is 4.00. The lowest BCUT2D eigenvalue weighted by Crippen LogP contribution is -2.20. The largest absolute Gasteiger partial charge is 0.491 e. The van der Waals surface area contributed by atoms with Gasteiger partial charge in [-0.3, -0.25) is 0 Å². The van der Waals surface area contributed by atoms with Crippen molar-refractivity contribution in [2.45, 2.75) is 25.7 Å². The maximum atomic E-state index is 6.33. The van der Waals surface area contributed by atoms with E-state index in [0.717, 1.165) is 43.0 Å². The number of halogens is 1. The molecule has 0 amide bonds. The molecular formula is C23H31ClN2O3. The average Bonchev–Trinajstić information content (AvgIpc) is 2.87. The van der Waals surface area contributed by atoms with Gasteiger partial charge in [0.2, 0.25) is 0 Å². The van der Waals surface area contributed by atoms with E-state index < -0.39 is 0 Å². The van der Waals surface area contributed by atoms with Gasteiger partial charge in [0.1, 0.15) is 12.4 Å². The van der Waals surface area contributed by atoms with Crippen LogP contribution in [0.5, 0.6) is 5.75 Å². The zero-order valence-corrected chi connectivity index (χ0v) is 17.9. The lowest BCUT2D eigenvalue weighted by molar-refractivity contribution is 0.0544. The van der Waals surface area contributed by atoms with Gasteiger partial charge in [-0.1, -0.05) is 17.7 Å². The molecule has 0 unspecified atom stereocenters. The summed E-state index contributed by atoms with van der Waals surface area (Å²) in [6.45, 7) is 3.90. The van der Waals surface area contributed by atoms with Crippen molar-refractivity contribution in [2.75, 3.05) is 51.5 Å². The van der Waals surface area contributed by atoms with Crippen molar-refractivity contribution in [3.8, 4) is 5.75 Å². The number of fused-ring (bicyclic) bond motifs is 2. The van der Waals surface area contributed by atoms with Crippen LogP contribution in [0.4, 0.5) is 11.4 Å². The molecule has 2 N–H and O–H groups in total. The highest BCUT2D eigenvalue weighted by Gasteiger charge is 2.21. The standard InChI is InChI=1S/C23H31ClN2O3/c1-27-12-13-28-14-15-29-21-8-9-22-19(16-21)5-4-18-6-7-20(24)17-23(18)26(22)11-3-2-10-25/h6-9,16-17H,2-5,10-15,25H2,1H3. The number of hydrogen-bond donors (Lipinski definition) is 1. The molecule has 5 nitrogen and oxygen atoms in total. The zero-order chi connectivity index (χ0) is 20.5. The van der Waals surface area contributed by atoms with E-state index in [0.29, 0.717) is 33.0 Å². The first kappa shape index (κ1) is 21.9. The third-order valence-electron chi connectivity index (χ3n) is 5.11. The smallest absolute Gasteiger partial charge is 0.119 e. The van der Waals surface area contributed by atoms with Crippen molar-refractivity contribution < 1.29 is 14.2 Å². The number of hydrogen-bond acceptors (Lipinski definition) is 5. The van der Waals surface area contributed by atoms with Crippen molar-refractivity contribution >= 4 is 23.0 Å². The van der Waals surface area contributed by atoms with Crippen LogP contribution in [0, 0.1) is 0 Å². The first-order valence-corrected chi connectivity index (χ1v) is 10.7. The minimum Gasteiger partial charge on any atom is -0.491 e. The molecule has 29 heavy (non-hydrogen) atoms. The summed E-state index contributed by atoms with van der Waals surface area (Å²) >= 11 is 6.33. The number of nitrogens with two attached hydrogens (primary N) is 1. The zero-order valence-electron chi connectivity index (χ0n) is 17.2. The Labute approximate surface area is 178 Å². The Kier molecular flexibility index (Phi) is 8.62. The molecular weight excluding hydrogens is 388 g/mol. The number of benzene rings is 2. The molecule has 2 aromatic carbocycles. The minimum absolute atomic E-state index is 0.526. The molecule has 158 valence electrons. The Morgan fingerprint density at radius 2 is 1.76 bits per heavy atom. The molecule has 0 spiro atoms. The minimum atomic E-state index is 0.526. The molecule has 2 aromatic rings. The van der Waals surface area contributed by atoms with Crippen LogP contribution in [0.3, 0.4) is 0 Å². The number of methoxy groups -OCH3 is 1. The number of rotatable bonds is 11. The quantitative estimate of drug-likeness (QED) is 0.549. The molecule has 0 fully saturated rings. The highest BCUT2D eigenvalue weighted by atomic mass is 35.5. The van der Waals surface area contributed by atoms with Gasteiger partial charge in [-0.2, -0.15) is 0 Å². The van der Waals surface area contributed by atoms with E-state index in [1.807, 2.05) is 12.1 Å². The molecule has 6 heteroatoms. The Balaban J connectivity index is 1.75. The number of ether oxygens (including phenoxy) is 3. The third kappa shape index (κ3) is 6.09. The van der Waals surface area contributed by atoms with Crippen LogP contribution in [0.15, 0.2) is 36.4 Å². The summed E-state index contributed by atoms with van der Waals surface area (Å²) in [4.78, 5) is 2.39. The van der Waals surface area contributed by atoms with E-state index in [1.165, 1.54) is 22.5 Å². The summed E-state index contributed by atoms with van der Waals surface area (Å²) in [7, 11) is 1.67. The van der Waals surface area contributed by atoms with Gasteiger partial charge in [-0.05, 0) is 73.7 Å². The highest BCUT2D eigenvalue weighted by Crippen LogP contribution is 2.39. The molecule has 1 heterocycles. The summed E-state index contributed by atoms with van der Waals surface area (Å²) in [5.74, 6) is 0.880. The van der Waals surface area contributed by atoms with Gasteiger partial charge >= 0.3 is 0 Å². The molecule has 3 rings (SSSR count). The van der Waals surface area contributed by atoms with Crippen LogP contribution in [0.25, 0.3) is 0 Å². The first-order chi connectivity index (χ1) is 14.2. The van der Waals surface area contributed by atoms with E-state index in [4.69, 9.17) is 31.5 Å². The van der Waals surface area contributed by atoms with Crippen molar-refractivity contribution in [1.82, 2.24) is 0 Å². The van der Waals surface area contributed by atoms with E-state index in [9.17, 15) is 0 Å². The predicted molar refractivity (Wildman–Crippen MR) is 119 cm³/mol. The second-order valence-electron chi connectivity index (χ2n) is 7.16. The molecule has 0 saturated heterocycles. The van der Waals surface area contributed by atoms with Crippen molar-refractivity contribution in [1.29, 1.82) is 0 Å². The molecule has 0 bridgehead atoms. The molecule has 0 aromatic heterocycles. The van der Waals surface area contributed by atoms with Crippen molar-refractivity contribution in [3.63, 3.8) is 0 Å². The lowest BCUT2D eigenvalue weighted by Gasteiger charge is -2.27. The summed E-state index contributed by atoms with van der Waals surface area (Å²) in [5.41, 5.74) is 10.8. The molecule has 0 aliphatic carbocycles. The second kappa shape index (κ2) is 11.4. The first-order valence-electron chi connectivity index (χ1n) is 10.3. The van der Waals surface area contributed by atoms with Gasteiger partial charge in [0.05, 0.1) is 19.8 Å². The van der Waals surface area contributed by atoms with E-state index in [2.05, 4.69) is 29.2 Å². The molecule has 0 saturated carbocycles. The maximum Gasteiger partial charge on any atom is 0.119 e. The predicted octanol–water partition coefficient (Wildman–Crippen LogP) is 4.36. The normalized spacial score (nSPS) is 13.0. The van der Waals surface area contributed by atoms with Crippen LogP contribution in [0.1, 0.15) is 24.0 Å². The van der Waals surface area contributed by atoms with Crippen LogP contribution >= 0.6 is 11.6 Å². The third-order valence-corrected chi connectivity index (χ3v) is 5.34. The Hall–Kier alpha value is -1.79. The topological polar surface area (TPSA) is 57.0 Å². The highest BCUT2D eigenvalue weighted by molar-refractivity contribution is 6.30. The maximum absolute atomic E-state index is 6.33. The van der Waals surface area contributed by atoms with Gasteiger partial charge in [0.25, 0.3) is 0 Å².